The average molecular weight is 353 g/mol. The van der Waals surface area contributed by atoms with Gasteiger partial charge in [-0.2, -0.15) is 0 Å². The number of nitrogens with zero attached hydrogens (tertiary/aromatic N) is 4. The molecule has 3 heterocycles. The number of nitrogens with one attached hydrogen (secondary N) is 1. The quantitative estimate of drug-likeness (QED) is 0.784. The molecule has 1 aliphatic heterocycles. The van der Waals surface area contributed by atoms with E-state index in [2.05, 4.69) is 15.3 Å². The molecule has 7 heteroatoms. The summed E-state index contributed by atoms with van der Waals surface area (Å²) in [6.45, 7) is 2.21. The van der Waals surface area contributed by atoms with Crippen LogP contribution in [0.1, 0.15) is 23.3 Å². The first kappa shape index (κ1) is 16.5. The van der Waals surface area contributed by atoms with Crippen LogP contribution in [0.2, 0.25) is 0 Å². The zero-order valence-corrected chi connectivity index (χ0v) is 14.3. The van der Waals surface area contributed by atoms with Gasteiger partial charge in [-0.1, -0.05) is 5.21 Å². The van der Waals surface area contributed by atoms with E-state index in [0.29, 0.717) is 24.7 Å². The number of carbonyl (C=O) groups excluding carboxylic acids is 1. The molecule has 2 aromatic heterocycles. The van der Waals surface area contributed by atoms with Gasteiger partial charge in [0.25, 0.3) is 5.91 Å². The number of likely N-dealkylation sites (tertiary alicyclic amines) is 1. The zero-order chi connectivity index (χ0) is 17.9. The zero-order valence-electron chi connectivity index (χ0n) is 14.3. The van der Waals surface area contributed by atoms with Crippen LogP contribution in [0.15, 0.2) is 48.8 Å². The Hall–Kier alpha value is -2.96. The van der Waals surface area contributed by atoms with Crippen molar-refractivity contribution in [3.05, 3.63) is 60.3 Å². The first-order valence-corrected chi connectivity index (χ1v) is 8.78. The molecule has 6 nitrogen and oxygen atoms in total. The van der Waals surface area contributed by atoms with Crippen LogP contribution in [-0.2, 0) is 6.54 Å². The number of aromatic amines is 1. The van der Waals surface area contributed by atoms with E-state index < -0.39 is 0 Å². The number of halogens is 1. The Morgan fingerprint density at radius 1 is 1.27 bits per heavy atom. The van der Waals surface area contributed by atoms with Gasteiger partial charge in [0.15, 0.2) is 0 Å². The topological polar surface area (TPSA) is 66.8 Å². The Bertz CT molecular complexity index is 872. The highest BCUT2D eigenvalue weighted by Gasteiger charge is 2.25. The molecule has 1 saturated heterocycles. The van der Waals surface area contributed by atoms with Crippen LogP contribution < -0.4 is 0 Å². The largest absolute Gasteiger partial charge is 0.357 e. The number of piperidine rings is 1. The molecule has 1 fully saturated rings. The fourth-order valence-electron chi connectivity index (χ4n) is 3.44. The molecule has 1 atom stereocenters. The van der Waals surface area contributed by atoms with Crippen LogP contribution in [0.25, 0.3) is 11.3 Å². The molecule has 3 aromatic rings. The van der Waals surface area contributed by atoms with Gasteiger partial charge in [0.2, 0.25) is 0 Å². The number of H-pyrrole nitrogens is 1. The van der Waals surface area contributed by atoms with Crippen molar-refractivity contribution in [2.45, 2.75) is 19.4 Å². The van der Waals surface area contributed by atoms with E-state index in [-0.39, 0.29) is 11.7 Å². The first-order valence-electron chi connectivity index (χ1n) is 8.78. The number of rotatable bonds is 4. The summed E-state index contributed by atoms with van der Waals surface area (Å²) in [6, 6.07) is 9.86. The first-order chi connectivity index (χ1) is 12.7. The molecule has 0 bridgehead atoms. The monoisotopic (exact) mass is 353 g/mol. The predicted molar refractivity (Wildman–Crippen MR) is 94.8 cm³/mol. The van der Waals surface area contributed by atoms with E-state index in [0.717, 1.165) is 30.6 Å². The van der Waals surface area contributed by atoms with Crippen LogP contribution in [-0.4, -0.2) is 43.9 Å². The maximum Gasteiger partial charge on any atom is 0.270 e. The molecule has 0 saturated carbocycles. The third-order valence-electron chi connectivity index (χ3n) is 4.76. The van der Waals surface area contributed by atoms with E-state index in [9.17, 15) is 9.18 Å². The highest BCUT2D eigenvalue weighted by Crippen LogP contribution is 2.21. The van der Waals surface area contributed by atoms with E-state index in [4.69, 9.17) is 0 Å². The van der Waals surface area contributed by atoms with Gasteiger partial charge in [-0.05, 0) is 55.2 Å². The van der Waals surface area contributed by atoms with Gasteiger partial charge in [-0.3, -0.25) is 9.48 Å². The Morgan fingerprint density at radius 3 is 2.88 bits per heavy atom. The summed E-state index contributed by atoms with van der Waals surface area (Å²) < 4.78 is 14.9. The fourth-order valence-corrected chi connectivity index (χ4v) is 3.44. The van der Waals surface area contributed by atoms with Crippen molar-refractivity contribution < 1.29 is 9.18 Å². The molecule has 1 N–H and O–H groups in total. The fraction of sp³-hybridized carbons (Fsp3) is 0.316. The van der Waals surface area contributed by atoms with Gasteiger partial charge in [-0.15, -0.1) is 5.10 Å². The number of hydrogen-bond donors (Lipinski definition) is 1. The van der Waals surface area contributed by atoms with Gasteiger partial charge in [0.1, 0.15) is 17.2 Å². The van der Waals surface area contributed by atoms with Crippen molar-refractivity contribution in [1.82, 2.24) is 24.9 Å². The Kier molecular flexibility index (Phi) is 4.51. The average Bonchev–Trinajstić information content (AvgIpc) is 3.34. The minimum absolute atomic E-state index is 0.0466. The predicted octanol–water partition coefficient (Wildman–Crippen LogP) is 2.96. The summed E-state index contributed by atoms with van der Waals surface area (Å²) in [5, 5.41) is 8.37. The van der Waals surface area contributed by atoms with Gasteiger partial charge < -0.3 is 9.88 Å². The second-order valence-electron chi connectivity index (χ2n) is 6.68. The lowest BCUT2D eigenvalue weighted by Crippen LogP contribution is -2.41. The molecular formula is C19H20FN5O. The van der Waals surface area contributed by atoms with Crippen LogP contribution in [0.5, 0.6) is 0 Å². The molecule has 26 heavy (non-hydrogen) atoms. The molecule has 0 radical (unpaired) electrons. The Balaban J connectivity index is 1.41. The van der Waals surface area contributed by atoms with E-state index in [1.165, 1.54) is 12.1 Å². The Morgan fingerprint density at radius 2 is 2.12 bits per heavy atom. The van der Waals surface area contributed by atoms with Crippen LogP contribution in [0.3, 0.4) is 0 Å². The van der Waals surface area contributed by atoms with Gasteiger partial charge >= 0.3 is 0 Å². The maximum atomic E-state index is 13.0. The smallest absolute Gasteiger partial charge is 0.270 e. The van der Waals surface area contributed by atoms with E-state index >= 15 is 0 Å². The molecule has 134 valence electrons. The summed E-state index contributed by atoms with van der Waals surface area (Å²) in [7, 11) is 0. The maximum absolute atomic E-state index is 13.0. The van der Waals surface area contributed by atoms with Crippen molar-refractivity contribution in [2.24, 2.45) is 5.92 Å². The number of hydrogen-bond acceptors (Lipinski definition) is 3. The van der Waals surface area contributed by atoms with Gasteiger partial charge in [-0.25, -0.2) is 4.39 Å². The van der Waals surface area contributed by atoms with E-state index in [1.54, 1.807) is 24.4 Å². The lowest BCUT2D eigenvalue weighted by Gasteiger charge is -2.32. The molecule has 1 aromatic carbocycles. The van der Waals surface area contributed by atoms with E-state index in [1.807, 2.05) is 21.8 Å². The molecule has 0 spiro atoms. The summed E-state index contributed by atoms with van der Waals surface area (Å²) in [6.07, 6.45) is 5.68. The van der Waals surface area contributed by atoms with Gasteiger partial charge in [0.05, 0.1) is 6.20 Å². The van der Waals surface area contributed by atoms with Crippen molar-refractivity contribution in [1.29, 1.82) is 0 Å². The SMILES string of the molecule is O=C(c1ccc[nH]1)N1CCCC(Cn2cc(-c3ccc(F)cc3)nn2)C1. The Labute approximate surface area is 150 Å². The highest BCUT2D eigenvalue weighted by molar-refractivity contribution is 5.92. The summed E-state index contributed by atoms with van der Waals surface area (Å²) in [5.74, 6) is 0.117. The molecular weight excluding hydrogens is 333 g/mol. The summed E-state index contributed by atoms with van der Waals surface area (Å²) in [4.78, 5) is 17.4. The third-order valence-corrected chi connectivity index (χ3v) is 4.76. The molecule has 1 amide bonds. The standard InChI is InChI=1S/C19H20FN5O/c20-16-7-5-15(6-8-16)18-13-25(23-22-18)12-14-3-2-10-24(11-14)19(26)17-4-1-9-21-17/h1,4-9,13-14,21H,2-3,10-12H2. The summed E-state index contributed by atoms with van der Waals surface area (Å²) >= 11 is 0. The van der Waals surface area contributed by atoms with Crippen LogP contribution in [0.4, 0.5) is 4.39 Å². The molecule has 0 aliphatic carbocycles. The van der Waals surface area contributed by atoms with Gasteiger partial charge in [0, 0.05) is 31.4 Å². The lowest BCUT2D eigenvalue weighted by atomic mass is 9.98. The molecule has 4 rings (SSSR count). The second-order valence-corrected chi connectivity index (χ2v) is 6.68. The minimum atomic E-state index is -0.268. The van der Waals surface area contributed by atoms with Crippen LogP contribution >= 0.6 is 0 Å². The van der Waals surface area contributed by atoms with Crippen molar-refractivity contribution in [2.75, 3.05) is 13.1 Å². The second kappa shape index (κ2) is 7.11. The van der Waals surface area contributed by atoms with Crippen molar-refractivity contribution >= 4 is 5.91 Å². The number of amides is 1. The molecule has 1 aliphatic rings. The normalized spacial score (nSPS) is 17.4. The van der Waals surface area contributed by atoms with Crippen molar-refractivity contribution in [3.8, 4) is 11.3 Å². The number of benzene rings is 1. The van der Waals surface area contributed by atoms with Crippen LogP contribution in [0, 0.1) is 11.7 Å². The number of aromatic nitrogens is 4. The number of carbonyl (C=O) groups is 1. The third kappa shape index (κ3) is 3.51. The van der Waals surface area contributed by atoms with Crippen molar-refractivity contribution in [3.63, 3.8) is 0 Å². The lowest BCUT2D eigenvalue weighted by molar-refractivity contribution is 0.0654. The molecule has 1 unspecified atom stereocenters. The minimum Gasteiger partial charge on any atom is -0.357 e. The summed E-state index contributed by atoms with van der Waals surface area (Å²) in [5.41, 5.74) is 2.19. The highest BCUT2D eigenvalue weighted by atomic mass is 19.1.